The lowest BCUT2D eigenvalue weighted by molar-refractivity contribution is 0.313. The fourth-order valence-electron chi connectivity index (χ4n) is 4.82. The van der Waals surface area contributed by atoms with Crippen molar-refractivity contribution < 1.29 is 0 Å². The van der Waals surface area contributed by atoms with Crippen LogP contribution < -0.4 is 4.90 Å². The highest BCUT2D eigenvalue weighted by molar-refractivity contribution is 5.99. The highest BCUT2D eigenvalue weighted by atomic mass is 15.2. The van der Waals surface area contributed by atoms with Crippen LogP contribution in [0.5, 0.6) is 0 Å². The van der Waals surface area contributed by atoms with Crippen LogP contribution in [0.3, 0.4) is 0 Å². The third-order valence-electron chi connectivity index (χ3n) is 6.64. The molecule has 5 aromatic heterocycles. The van der Waals surface area contributed by atoms with Crippen molar-refractivity contribution in [1.82, 2.24) is 39.9 Å². The highest BCUT2D eigenvalue weighted by Crippen LogP contribution is 2.33. The minimum absolute atomic E-state index is 0.831. The van der Waals surface area contributed by atoms with E-state index in [4.69, 9.17) is 0 Å². The molecule has 5 aromatic rings. The van der Waals surface area contributed by atoms with Crippen LogP contribution in [0.25, 0.3) is 44.6 Å². The number of aromatic amines is 2. The molecular weight excluding hydrogens is 438 g/mol. The molecule has 6 rings (SSSR count). The molecule has 1 fully saturated rings. The number of nitrogens with one attached hydrogen (secondary N) is 2. The molecule has 1 aliphatic heterocycles. The molecule has 0 bridgehead atoms. The smallest absolute Gasteiger partial charge is 0.139 e. The normalized spacial score (nSPS) is 15.0. The zero-order chi connectivity index (χ0) is 23.9. The van der Waals surface area contributed by atoms with Crippen molar-refractivity contribution in [2.24, 2.45) is 0 Å². The monoisotopic (exact) mass is 467 g/mol. The molecule has 1 aliphatic rings. The van der Waals surface area contributed by atoms with Gasteiger partial charge in [-0.25, -0.2) is 4.98 Å². The first-order valence-corrected chi connectivity index (χ1v) is 11.9. The average Bonchev–Trinajstić information content (AvgIpc) is 3.48. The molecule has 0 radical (unpaired) electrons. The van der Waals surface area contributed by atoms with E-state index < -0.39 is 0 Å². The van der Waals surface area contributed by atoms with Crippen LogP contribution in [-0.2, 0) is 6.54 Å². The minimum atomic E-state index is 0.831. The summed E-state index contributed by atoms with van der Waals surface area (Å²) in [5.41, 5.74) is 7.82. The Morgan fingerprint density at radius 3 is 2.66 bits per heavy atom. The second kappa shape index (κ2) is 8.75. The quantitative estimate of drug-likeness (QED) is 0.409. The van der Waals surface area contributed by atoms with Crippen molar-refractivity contribution in [3.05, 3.63) is 54.6 Å². The SMILES string of the molecule is CN(C)Cc1cncc(-c2cc3c(-c4cc5c(N6CCN(C)CC6)ccnc5[nH]4)n[nH]c3cn2)c1. The molecule has 6 heterocycles. The predicted molar refractivity (Wildman–Crippen MR) is 139 cm³/mol. The summed E-state index contributed by atoms with van der Waals surface area (Å²) >= 11 is 0. The van der Waals surface area contributed by atoms with Gasteiger partial charge < -0.3 is 19.7 Å². The van der Waals surface area contributed by atoms with Crippen molar-refractivity contribution in [2.45, 2.75) is 6.54 Å². The lowest BCUT2D eigenvalue weighted by Crippen LogP contribution is -2.44. The first kappa shape index (κ1) is 21.7. The van der Waals surface area contributed by atoms with E-state index in [9.17, 15) is 0 Å². The summed E-state index contributed by atoms with van der Waals surface area (Å²) in [6.07, 6.45) is 7.49. The average molecular weight is 468 g/mol. The van der Waals surface area contributed by atoms with Gasteiger partial charge in [-0.1, -0.05) is 0 Å². The molecular formula is C26H29N9. The van der Waals surface area contributed by atoms with Gasteiger partial charge in [0.1, 0.15) is 11.3 Å². The van der Waals surface area contributed by atoms with Crippen molar-refractivity contribution in [3.8, 4) is 22.6 Å². The Labute approximate surface area is 203 Å². The van der Waals surface area contributed by atoms with Gasteiger partial charge in [-0.05, 0) is 51.0 Å². The van der Waals surface area contributed by atoms with E-state index in [1.807, 2.05) is 24.8 Å². The maximum absolute atomic E-state index is 4.67. The number of pyridine rings is 3. The predicted octanol–water partition coefficient (Wildman–Crippen LogP) is 3.38. The Balaban J connectivity index is 1.39. The molecule has 0 saturated carbocycles. The Hall–Kier alpha value is -3.82. The Morgan fingerprint density at radius 1 is 0.971 bits per heavy atom. The number of H-pyrrole nitrogens is 2. The first-order valence-electron chi connectivity index (χ1n) is 11.9. The first-order chi connectivity index (χ1) is 17.0. The summed E-state index contributed by atoms with van der Waals surface area (Å²) in [4.78, 5) is 24.2. The fraction of sp³-hybridized carbons (Fsp3) is 0.308. The van der Waals surface area contributed by atoms with Crippen LogP contribution in [0, 0.1) is 0 Å². The van der Waals surface area contributed by atoms with Crippen molar-refractivity contribution in [2.75, 3.05) is 52.2 Å². The van der Waals surface area contributed by atoms with Crippen LogP contribution in [0.15, 0.2) is 49.1 Å². The number of aromatic nitrogens is 6. The molecule has 0 spiro atoms. The van der Waals surface area contributed by atoms with Gasteiger partial charge in [0, 0.05) is 73.3 Å². The minimum Gasteiger partial charge on any atom is -0.368 e. The molecule has 178 valence electrons. The van der Waals surface area contributed by atoms with Crippen LogP contribution in [0.4, 0.5) is 5.69 Å². The van der Waals surface area contributed by atoms with Crippen LogP contribution in [0.1, 0.15) is 5.56 Å². The van der Waals surface area contributed by atoms with Gasteiger partial charge in [0.25, 0.3) is 0 Å². The molecule has 0 atom stereocenters. The van der Waals surface area contributed by atoms with E-state index in [0.717, 1.165) is 82.9 Å². The second-order valence-corrected chi connectivity index (χ2v) is 9.57. The van der Waals surface area contributed by atoms with Crippen LogP contribution in [-0.4, -0.2) is 87.3 Å². The highest BCUT2D eigenvalue weighted by Gasteiger charge is 2.19. The number of anilines is 1. The lowest BCUT2D eigenvalue weighted by Gasteiger charge is -2.34. The molecule has 35 heavy (non-hydrogen) atoms. The number of fused-ring (bicyclic) bond motifs is 2. The summed E-state index contributed by atoms with van der Waals surface area (Å²) in [6, 6.07) is 8.52. The van der Waals surface area contributed by atoms with Crippen molar-refractivity contribution in [1.29, 1.82) is 0 Å². The molecule has 9 nitrogen and oxygen atoms in total. The van der Waals surface area contributed by atoms with Gasteiger partial charge in [-0.15, -0.1) is 0 Å². The summed E-state index contributed by atoms with van der Waals surface area (Å²) in [7, 11) is 6.28. The standard InChI is InChI=1S/C26H29N9/c1-33(2)16-17-10-18(14-27-13-17)21-11-19-23(15-29-21)31-32-25(19)22-12-20-24(4-5-28-26(20)30-22)35-8-6-34(3)7-9-35/h4-5,10-15H,6-9,16H2,1-3H3,(H,28,30)(H,31,32). The van der Waals surface area contributed by atoms with E-state index in [-0.39, 0.29) is 0 Å². The van der Waals surface area contributed by atoms with E-state index in [1.54, 1.807) is 0 Å². The van der Waals surface area contributed by atoms with E-state index >= 15 is 0 Å². The van der Waals surface area contributed by atoms with E-state index in [1.165, 1.54) is 5.69 Å². The number of nitrogens with zero attached hydrogens (tertiary/aromatic N) is 7. The zero-order valence-corrected chi connectivity index (χ0v) is 20.3. The third kappa shape index (κ3) is 4.13. The molecule has 9 heteroatoms. The number of likely N-dealkylation sites (N-methyl/N-ethyl adjacent to an activating group) is 1. The summed E-state index contributed by atoms with van der Waals surface area (Å²) in [6.45, 7) is 4.98. The molecule has 0 aliphatic carbocycles. The number of hydrogen-bond acceptors (Lipinski definition) is 7. The third-order valence-corrected chi connectivity index (χ3v) is 6.64. The van der Waals surface area contributed by atoms with Gasteiger partial charge in [0.15, 0.2) is 0 Å². The molecule has 0 unspecified atom stereocenters. The largest absolute Gasteiger partial charge is 0.368 e. The fourth-order valence-corrected chi connectivity index (χ4v) is 4.82. The Bertz CT molecular complexity index is 1490. The number of hydrogen-bond donors (Lipinski definition) is 2. The Kier molecular flexibility index (Phi) is 5.43. The van der Waals surface area contributed by atoms with Gasteiger partial charge in [0.05, 0.1) is 23.1 Å². The van der Waals surface area contributed by atoms with Crippen molar-refractivity contribution >= 4 is 27.6 Å². The molecule has 0 aromatic carbocycles. The summed E-state index contributed by atoms with van der Waals surface area (Å²) in [5, 5.41) is 9.91. The van der Waals surface area contributed by atoms with E-state index in [0.29, 0.717) is 0 Å². The maximum Gasteiger partial charge on any atom is 0.139 e. The van der Waals surface area contributed by atoms with Crippen LogP contribution in [0.2, 0.25) is 0 Å². The lowest BCUT2D eigenvalue weighted by atomic mass is 10.1. The summed E-state index contributed by atoms with van der Waals surface area (Å²) < 4.78 is 0. The summed E-state index contributed by atoms with van der Waals surface area (Å²) in [5.74, 6) is 0. The maximum atomic E-state index is 4.67. The molecule has 1 saturated heterocycles. The van der Waals surface area contributed by atoms with Crippen molar-refractivity contribution in [3.63, 3.8) is 0 Å². The van der Waals surface area contributed by atoms with Gasteiger partial charge >= 0.3 is 0 Å². The number of piperazine rings is 1. The van der Waals surface area contributed by atoms with Gasteiger partial charge in [-0.2, -0.15) is 5.10 Å². The topological polar surface area (TPSA) is 92.9 Å². The molecule has 0 amide bonds. The number of rotatable bonds is 5. The van der Waals surface area contributed by atoms with Gasteiger partial charge in [-0.3, -0.25) is 15.1 Å². The van der Waals surface area contributed by atoms with E-state index in [2.05, 4.69) is 90.2 Å². The van der Waals surface area contributed by atoms with Crippen LogP contribution >= 0.6 is 0 Å². The molecule has 2 N–H and O–H groups in total. The second-order valence-electron chi connectivity index (χ2n) is 9.57. The van der Waals surface area contributed by atoms with Gasteiger partial charge in [0.2, 0.25) is 0 Å². The Morgan fingerprint density at radius 2 is 1.83 bits per heavy atom. The zero-order valence-electron chi connectivity index (χ0n) is 20.3.